The predicted molar refractivity (Wildman–Crippen MR) is 151 cm³/mol. The molecule has 0 unspecified atom stereocenters. The van der Waals surface area contributed by atoms with Crippen LogP contribution in [0.25, 0.3) is 11.1 Å². The Morgan fingerprint density at radius 2 is 2.03 bits per heavy atom. The number of Topliss-reactive ketones (excluding diaryl/α,β-unsaturated/α-hetero) is 1. The van der Waals surface area contributed by atoms with Gasteiger partial charge in [0.25, 0.3) is 0 Å². The van der Waals surface area contributed by atoms with Gasteiger partial charge < -0.3 is 24.3 Å². The van der Waals surface area contributed by atoms with E-state index in [0.29, 0.717) is 45.7 Å². The second-order valence-electron chi connectivity index (χ2n) is 11.3. The minimum absolute atomic E-state index is 0.0371. The third-order valence-electron chi connectivity index (χ3n) is 8.66. The maximum atomic E-state index is 13.2. The van der Waals surface area contributed by atoms with E-state index in [9.17, 15) is 14.7 Å². The quantitative estimate of drug-likeness (QED) is 0.395. The molecule has 3 aliphatic heterocycles. The summed E-state index contributed by atoms with van der Waals surface area (Å²) in [5.74, 6) is -1.19. The molecule has 210 valence electrons. The highest BCUT2D eigenvalue weighted by Gasteiger charge is 2.52. The zero-order valence-corrected chi connectivity index (χ0v) is 24.6. The number of benzene rings is 1. The molecule has 0 aliphatic carbocycles. The first kappa shape index (κ1) is 28.0. The minimum atomic E-state index is -1.08. The Balaban J connectivity index is 1.39. The van der Waals surface area contributed by atoms with Gasteiger partial charge >= 0.3 is 5.97 Å². The molecule has 3 aliphatic rings. The number of anilines is 1. The van der Waals surface area contributed by atoms with Gasteiger partial charge in [0.05, 0.1) is 30.0 Å². The van der Waals surface area contributed by atoms with Crippen LogP contribution in [0.3, 0.4) is 0 Å². The first-order chi connectivity index (χ1) is 18.5. The molecule has 1 aromatic heterocycles. The van der Waals surface area contributed by atoms with Crippen molar-refractivity contribution in [2.75, 3.05) is 12.4 Å². The highest BCUT2D eigenvalue weighted by Crippen LogP contribution is 2.48. The van der Waals surface area contributed by atoms with Gasteiger partial charge in [-0.15, -0.1) is 0 Å². The van der Waals surface area contributed by atoms with E-state index in [4.69, 9.17) is 13.9 Å². The van der Waals surface area contributed by atoms with Crippen molar-refractivity contribution in [1.82, 2.24) is 4.98 Å². The number of carbonyl (C=O) groups excluding carboxylic acids is 1. The topological polar surface area (TPSA) is 123 Å². The Hall–Kier alpha value is -2.56. The van der Waals surface area contributed by atoms with Crippen LogP contribution < -0.4 is 5.32 Å². The number of aromatic nitrogens is 1. The lowest BCUT2D eigenvalue weighted by Gasteiger charge is -2.53. The first-order valence-corrected chi connectivity index (χ1v) is 14.5. The number of fused-ring (bicyclic) bond motifs is 1. The van der Waals surface area contributed by atoms with Crippen LogP contribution in [-0.4, -0.2) is 52.6 Å². The molecule has 1 aromatic carbocycles. The average Bonchev–Trinajstić information content (AvgIpc) is 3.56. The summed E-state index contributed by atoms with van der Waals surface area (Å²) in [5, 5.41) is 12.8. The number of rotatable bonds is 7. The average molecular weight is 603 g/mol. The lowest BCUT2D eigenvalue weighted by atomic mass is 9.75. The summed E-state index contributed by atoms with van der Waals surface area (Å²) in [6, 6.07) is 1.73. The normalized spacial score (nSPS) is 31.4. The number of hydrogen-bond donors (Lipinski definition) is 2. The van der Waals surface area contributed by atoms with Crippen molar-refractivity contribution in [3.8, 4) is 0 Å². The van der Waals surface area contributed by atoms with Crippen LogP contribution in [0.2, 0.25) is 0 Å². The molecular formula is C29H36BrN3O6. The molecule has 2 aromatic rings. The number of aliphatic imine (C=N–C) groups is 1. The summed E-state index contributed by atoms with van der Waals surface area (Å²) in [5.41, 5.74) is 1.80. The van der Waals surface area contributed by atoms with Gasteiger partial charge in [0.15, 0.2) is 23.0 Å². The second kappa shape index (κ2) is 10.8. The summed E-state index contributed by atoms with van der Waals surface area (Å²) in [6.45, 7) is 8.38. The van der Waals surface area contributed by atoms with Gasteiger partial charge in [-0.1, -0.05) is 33.8 Å². The molecule has 5 rings (SSSR count). The molecule has 10 heteroatoms. The predicted octanol–water partition coefficient (Wildman–Crippen LogP) is 6.01. The Bertz CT molecular complexity index is 1350. The summed E-state index contributed by atoms with van der Waals surface area (Å²) in [7, 11) is 1.67. The van der Waals surface area contributed by atoms with E-state index >= 15 is 0 Å². The molecule has 9 nitrogen and oxygen atoms in total. The van der Waals surface area contributed by atoms with Gasteiger partial charge in [0.1, 0.15) is 11.1 Å². The van der Waals surface area contributed by atoms with Crippen molar-refractivity contribution < 1.29 is 28.6 Å². The third-order valence-corrected chi connectivity index (χ3v) is 9.29. The van der Waals surface area contributed by atoms with Crippen LogP contribution in [0.4, 0.5) is 5.69 Å². The molecule has 4 heterocycles. The van der Waals surface area contributed by atoms with Crippen LogP contribution in [0, 0.1) is 23.7 Å². The summed E-state index contributed by atoms with van der Waals surface area (Å²) >= 11 is 3.43. The van der Waals surface area contributed by atoms with E-state index in [0.717, 1.165) is 19.3 Å². The number of oxazole rings is 1. The molecule has 39 heavy (non-hydrogen) atoms. The zero-order valence-electron chi connectivity index (χ0n) is 23.0. The van der Waals surface area contributed by atoms with Crippen molar-refractivity contribution in [3.63, 3.8) is 0 Å². The number of carboxylic acid groups (broad SMARTS) is 1. The molecular weight excluding hydrogens is 566 g/mol. The Labute approximate surface area is 236 Å². The van der Waals surface area contributed by atoms with Crippen LogP contribution in [-0.2, 0) is 20.7 Å². The van der Waals surface area contributed by atoms with E-state index in [1.54, 1.807) is 19.3 Å². The van der Waals surface area contributed by atoms with Gasteiger partial charge in [0.2, 0.25) is 0 Å². The number of carboxylic acids is 1. The van der Waals surface area contributed by atoms with Gasteiger partial charge in [0, 0.05) is 42.4 Å². The Morgan fingerprint density at radius 1 is 1.26 bits per heavy atom. The maximum Gasteiger partial charge on any atom is 0.340 e. The highest BCUT2D eigenvalue weighted by molar-refractivity contribution is 9.10. The number of ether oxygens (including phenoxy) is 2. The van der Waals surface area contributed by atoms with Crippen molar-refractivity contribution in [3.05, 3.63) is 34.3 Å². The Morgan fingerprint density at radius 3 is 2.69 bits per heavy atom. The monoisotopic (exact) mass is 601 g/mol. The summed E-state index contributed by atoms with van der Waals surface area (Å²) in [4.78, 5) is 34.1. The summed E-state index contributed by atoms with van der Waals surface area (Å²) < 4.78 is 20.2. The number of nitrogens with one attached hydrogen (secondary N) is 1. The maximum absolute atomic E-state index is 13.2. The van der Waals surface area contributed by atoms with Gasteiger partial charge in [-0.3, -0.25) is 9.79 Å². The van der Waals surface area contributed by atoms with E-state index in [2.05, 4.69) is 52.0 Å². The molecule has 0 radical (unpaired) electrons. The molecule has 0 bridgehead atoms. The SMILES string of the molecule is CNc1c(Br)cc2oc(C[C@H]3O[C@@]4(CC[C@H]3C)O[C@H]([C@H](C)C(=O)C3=NC=CC3)[C@H](C)C[C@H]4C)nc2c1C(=O)O. The highest BCUT2D eigenvalue weighted by atomic mass is 79.9. The number of carbonyl (C=O) groups is 2. The molecule has 7 atom stereocenters. The number of allylic oxidation sites excluding steroid dienone is 1. The molecule has 0 amide bonds. The second-order valence-corrected chi connectivity index (χ2v) is 12.2. The number of hydrogen-bond acceptors (Lipinski definition) is 8. The van der Waals surface area contributed by atoms with Crippen molar-refractivity contribution in [2.24, 2.45) is 28.7 Å². The van der Waals surface area contributed by atoms with Crippen LogP contribution in [0.1, 0.15) is 69.6 Å². The lowest BCUT2D eigenvalue weighted by Crippen LogP contribution is -2.58. The first-order valence-electron chi connectivity index (χ1n) is 13.7. The number of nitrogens with zero attached hydrogens (tertiary/aromatic N) is 2. The standard InChI is InChI=1S/C29H36BrN3O6/c1-14-8-9-29(16(3)11-15(2)27(39-29)17(4)26(34)19-7-6-10-32-19)38-20(14)13-22-33-25-21(37-22)12-18(30)24(31-5)23(25)28(35)36/h6,10,12,14-17,20,27,31H,7-9,11,13H2,1-5H3,(H,35,36)/t14-,15-,16-,17-,20-,27+,29+/m1/s1. The zero-order chi connectivity index (χ0) is 28.1. The van der Waals surface area contributed by atoms with Gasteiger partial charge in [-0.25, -0.2) is 9.78 Å². The third kappa shape index (κ3) is 5.07. The Kier molecular flexibility index (Phi) is 7.74. The van der Waals surface area contributed by atoms with Crippen LogP contribution in [0.5, 0.6) is 0 Å². The lowest BCUT2D eigenvalue weighted by molar-refractivity contribution is -0.356. The van der Waals surface area contributed by atoms with Gasteiger partial charge in [-0.2, -0.15) is 0 Å². The van der Waals surface area contributed by atoms with Gasteiger partial charge in [-0.05, 0) is 46.7 Å². The van der Waals surface area contributed by atoms with E-state index in [1.165, 1.54) is 0 Å². The van der Waals surface area contributed by atoms with Crippen molar-refractivity contribution in [2.45, 2.75) is 77.8 Å². The fourth-order valence-electron chi connectivity index (χ4n) is 6.39. The molecule has 1 spiro atoms. The number of ketones is 1. The minimum Gasteiger partial charge on any atom is -0.478 e. The summed E-state index contributed by atoms with van der Waals surface area (Å²) in [6.07, 6.45) is 6.56. The fourth-order valence-corrected chi connectivity index (χ4v) is 7.00. The molecule has 0 saturated carbocycles. The number of aromatic carboxylic acids is 1. The smallest absolute Gasteiger partial charge is 0.340 e. The molecule has 2 fully saturated rings. The number of halogens is 1. The molecule has 2 saturated heterocycles. The largest absolute Gasteiger partial charge is 0.478 e. The van der Waals surface area contributed by atoms with Crippen molar-refractivity contribution in [1.29, 1.82) is 0 Å². The van der Waals surface area contributed by atoms with E-state index in [-0.39, 0.29) is 47.2 Å². The molecule has 2 N–H and O–H groups in total. The van der Waals surface area contributed by atoms with Crippen LogP contribution in [0.15, 0.2) is 32.2 Å². The van der Waals surface area contributed by atoms with Crippen molar-refractivity contribution >= 4 is 50.2 Å². The van der Waals surface area contributed by atoms with E-state index in [1.807, 2.05) is 13.0 Å². The van der Waals surface area contributed by atoms with E-state index < -0.39 is 11.8 Å². The van der Waals surface area contributed by atoms with Crippen LogP contribution >= 0.6 is 15.9 Å². The fraction of sp³-hybridized carbons (Fsp3) is 0.586.